The molecule has 3 fully saturated rings. The number of nitrogens with one attached hydrogen (secondary N) is 2. The number of aromatic nitrogens is 3. The number of alkyl halides is 2. The van der Waals surface area contributed by atoms with E-state index in [1.54, 1.807) is 38.3 Å². The quantitative estimate of drug-likeness (QED) is 0.318. The molecule has 1 aliphatic carbocycles. The third-order valence-corrected chi connectivity index (χ3v) is 8.97. The molecule has 0 atom stereocenters. The number of nitrogens with zero attached hydrogens (tertiary/aromatic N) is 5. The summed E-state index contributed by atoms with van der Waals surface area (Å²) < 4.78 is 38.3. The molecular weight excluding hydrogens is 568 g/mol. The fourth-order valence-electron chi connectivity index (χ4n) is 6.00. The first-order chi connectivity index (χ1) is 21.1. The number of ether oxygens (including phenoxy) is 2. The van der Waals surface area contributed by atoms with Crippen molar-refractivity contribution in [2.75, 3.05) is 60.8 Å². The third kappa shape index (κ3) is 6.79. The number of aryl methyl sites for hydroxylation is 1. The highest BCUT2D eigenvalue weighted by Gasteiger charge is 2.44. The minimum atomic E-state index is -2.67. The first-order valence-electron chi connectivity index (χ1n) is 15.1. The average molecular weight is 608 g/mol. The Labute approximate surface area is 256 Å². The van der Waals surface area contributed by atoms with E-state index in [1.165, 1.54) is 12.8 Å². The third-order valence-electron chi connectivity index (χ3n) is 8.97. The van der Waals surface area contributed by atoms with Gasteiger partial charge < -0.3 is 29.9 Å². The minimum Gasteiger partial charge on any atom is -0.497 e. The number of carbonyl (C=O) groups is 1. The number of anilines is 4. The number of hydrogen-bond acceptors (Lipinski definition) is 9. The lowest BCUT2D eigenvalue weighted by Crippen LogP contribution is -2.40. The first kappa shape index (κ1) is 29.8. The van der Waals surface area contributed by atoms with Crippen LogP contribution in [0, 0.1) is 12.3 Å². The topological polar surface area (TPSA) is 105 Å². The number of amides is 1. The van der Waals surface area contributed by atoms with Crippen LogP contribution in [0.4, 0.5) is 31.9 Å². The maximum Gasteiger partial charge on any atom is 0.277 e. The number of benzene rings is 1. The molecular formula is C32H39F2N7O3. The van der Waals surface area contributed by atoms with E-state index in [0.717, 1.165) is 42.9 Å². The summed E-state index contributed by atoms with van der Waals surface area (Å²) in [6.45, 7) is 4.33. The van der Waals surface area contributed by atoms with Crippen LogP contribution in [0.2, 0.25) is 0 Å². The number of piperidine rings is 2. The molecule has 234 valence electrons. The molecule has 0 bridgehead atoms. The second kappa shape index (κ2) is 12.0. The molecule has 2 N–H and O–H groups in total. The fourth-order valence-corrected chi connectivity index (χ4v) is 6.00. The molecule has 2 aromatic heterocycles. The summed E-state index contributed by atoms with van der Waals surface area (Å²) in [6, 6.07) is 9.37. The summed E-state index contributed by atoms with van der Waals surface area (Å²) in [6.07, 6.45) is 5.92. The zero-order chi connectivity index (χ0) is 30.9. The Morgan fingerprint density at radius 1 is 0.886 bits per heavy atom. The summed E-state index contributed by atoms with van der Waals surface area (Å²) in [7, 11) is 3.24. The van der Waals surface area contributed by atoms with Crippen LogP contribution in [0.3, 0.4) is 0 Å². The standard InChI is InChI=1S/C32H39F2N7O3/c1-21-14-27(39-30(37-21)41-12-8-32(33,34)9-13-41)38-29(42)28-26(40-10-6-31(4-5-31)7-11-40)17-23(20-36-28)35-19-22-15-24(43-2)18-25(16-22)44-3/h14-18,20,35H,4-13,19H2,1-3H3,(H,37,38,39,42). The molecule has 1 saturated carbocycles. The van der Waals surface area contributed by atoms with Crippen LogP contribution < -0.4 is 29.9 Å². The highest BCUT2D eigenvalue weighted by molar-refractivity contribution is 6.06. The smallest absolute Gasteiger partial charge is 0.277 e. The van der Waals surface area contributed by atoms with Crippen molar-refractivity contribution in [1.82, 2.24) is 15.0 Å². The maximum absolute atomic E-state index is 13.7. The van der Waals surface area contributed by atoms with Crippen LogP contribution in [0.1, 0.15) is 60.3 Å². The lowest BCUT2D eigenvalue weighted by atomic mass is 9.93. The number of pyridine rings is 1. The highest BCUT2D eigenvalue weighted by atomic mass is 19.3. The number of halogens is 2. The van der Waals surface area contributed by atoms with Gasteiger partial charge in [-0.2, -0.15) is 4.98 Å². The normalized spacial score (nSPS) is 18.6. The van der Waals surface area contributed by atoms with E-state index >= 15 is 0 Å². The van der Waals surface area contributed by atoms with Gasteiger partial charge in [0.05, 0.1) is 31.8 Å². The summed E-state index contributed by atoms with van der Waals surface area (Å²) in [5.41, 5.74) is 3.94. The van der Waals surface area contributed by atoms with Crippen molar-refractivity contribution >= 4 is 29.0 Å². The Balaban J connectivity index is 1.22. The monoisotopic (exact) mass is 607 g/mol. The SMILES string of the molecule is COc1cc(CNc2cnc(C(=O)Nc3cc(C)nc(N4CCC(F)(F)CC4)n3)c(N3CCC4(CC3)CC4)c2)cc(OC)c1. The van der Waals surface area contributed by atoms with Crippen LogP contribution in [0.25, 0.3) is 0 Å². The van der Waals surface area contributed by atoms with Gasteiger partial charge in [-0.05, 0) is 61.8 Å². The van der Waals surface area contributed by atoms with Gasteiger partial charge in [-0.1, -0.05) is 0 Å². The molecule has 0 unspecified atom stereocenters. The van der Waals surface area contributed by atoms with E-state index in [1.807, 2.05) is 24.3 Å². The molecule has 3 aromatic rings. The summed E-state index contributed by atoms with van der Waals surface area (Å²) >= 11 is 0. The van der Waals surface area contributed by atoms with Gasteiger partial charge in [-0.3, -0.25) is 4.79 Å². The second-order valence-electron chi connectivity index (χ2n) is 12.1. The van der Waals surface area contributed by atoms with Crippen molar-refractivity contribution in [3.05, 3.63) is 53.5 Å². The summed E-state index contributed by atoms with van der Waals surface area (Å²) in [4.78, 5) is 31.3. The maximum atomic E-state index is 13.7. The molecule has 1 spiro atoms. The summed E-state index contributed by atoms with van der Waals surface area (Å²) in [5, 5.41) is 6.34. The molecule has 6 rings (SSSR count). The minimum absolute atomic E-state index is 0.156. The lowest BCUT2D eigenvalue weighted by molar-refractivity contribution is -0.0222. The van der Waals surface area contributed by atoms with Gasteiger partial charge in [-0.15, -0.1) is 0 Å². The Bertz CT molecular complexity index is 1490. The number of methoxy groups -OCH3 is 2. The molecule has 2 aliphatic heterocycles. The van der Waals surface area contributed by atoms with E-state index in [4.69, 9.17) is 9.47 Å². The molecule has 1 aromatic carbocycles. The van der Waals surface area contributed by atoms with Gasteiger partial charge in [-0.25, -0.2) is 18.7 Å². The van der Waals surface area contributed by atoms with Crippen molar-refractivity contribution in [3.63, 3.8) is 0 Å². The van der Waals surface area contributed by atoms with E-state index in [-0.39, 0.29) is 31.8 Å². The predicted molar refractivity (Wildman–Crippen MR) is 165 cm³/mol. The average Bonchev–Trinajstić information content (AvgIpc) is 3.78. The van der Waals surface area contributed by atoms with Gasteiger partial charge in [0.1, 0.15) is 17.3 Å². The van der Waals surface area contributed by atoms with Crippen molar-refractivity contribution < 1.29 is 23.0 Å². The largest absolute Gasteiger partial charge is 0.497 e. The zero-order valence-electron chi connectivity index (χ0n) is 25.5. The van der Waals surface area contributed by atoms with Gasteiger partial charge >= 0.3 is 0 Å². The first-order valence-corrected chi connectivity index (χ1v) is 15.1. The molecule has 3 aliphatic rings. The van der Waals surface area contributed by atoms with Crippen LogP contribution in [0.15, 0.2) is 36.5 Å². The van der Waals surface area contributed by atoms with E-state index in [2.05, 4.69) is 30.5 Å². The molecule has 1 amide bonds. The van der Waals surface area contributed by atoms with Crippen molar-refractivity contribution in [2.24, 2.45) is 5.41 Å². The molecule has 4 heterocycles. The van der Waals surface area contributed by atoms with E-state index in [0.29, 0.717) is 46.6 Å². The Kier molecular flexibility index (Phi) is 8.17. The van der Waals surface area contributed by atoms with Crippen LogP contribution in [-0.4, -0.2) is 67.2 Å². The van der Waals surface area contributed by atoms with Crippen molar-refractivity contribution in [2.45, 2.75) is 57.9 Å². The Morgan fingerprint density at radius 2 is 1.55 bits per heavy atom. The van der Waals surface area contributed by atoms with Crippen LogP contribution in [-0.2, 0) is 6.54 Å². The van der Waals surface area contributed by atoms with Gasteiger partial charge in [0.2, 0.25) is 5.95 Å². The van der Waals surface area contributed by atoms with E-state index < -0.39 is 5.92 Å². The molecule has 44 heavy (non-hydrogen) atoms. The number of carbonyl (C=O) groups excluding carboxylic acids is 1. The van der Waals surface area contributed by atoms with Gasteiger partial charge in [0.15, 0.2) is 5.69 Å². The van der Waals surface area contributed by atoms with Gasteiger partial charge in [0.25, 0.3) is 11.8 Å². The van der Waals surface area contributed by atoms with Crippen molar-refractivity contribution in [1.29, 1.82) is 0 Å². The zero-order valence-corrected chi connectivity index (χ0v) is 25.5. The Morgan fingerprint density at radius 3 is 2.18 bits per heavy atom. The van der Waals surface area contributed by atoms with Gasteiger partial charge in [0, 0.05) is 63.4 Å². The number of rotatable bonds is 9. The molecule has 0 radical (unpaired) electrons. The summed E-state index contributed by atoms with van der Waals surface area (Å²) in [5.74, 6) is -0.998. The second-order valence-corrected chi connectivity index (χ2v) is 12.1. The van der Waals surface area contributed by atoms with E-state index in [9.17, 15) is 13.6 Å². The number of hydrogen-bond donors (Lipinski definition) is 2. The van der Waals surface area contributed by atoms with Crippen molar-refractivity contribution in [3.8, 4) is 11.5 Å². The Hall–Kier alpha value is -4.22. The van der Waals surface area contributed by atoms with Crippen LogP contribution >= 0.6 is 0 Å². The molecule has 10 nitrogen and oxygen atoms in total. The lowest BCUT2D eigenvalue weighted by Gasteiger charge is -2.34. The predicted octanol–water partition coefficient (Wildman–Crippen LogP) is 5.68. The molecule has 2 saturated heterocycles. The van der Waals surface area contributed by atoms with Crippen LogP contribution in [0.5, 0.6) is 11.5 Å². The fraction of sp³-hybridized carbons (Fsp3) is 0.500. The molecule has 12 heteroatoms. The highest BCUT2D eigenvalue weighted by Crippen LogP contribution is 2.54.